The van der Waals surface area contributed by atoms with Crippen LogP contribution in [0.3, 0.4) is 0 Å². The highest BCUT2D eigenvalue weighted by Gasteiger charge is 2.48. The highest BCUT2D eigenvalue weighted by Crippen LogP contribution is 2.54. The summed E-state index contributed by atoms with van der Waals surface area (Å²) in [7, 11) is 1.92. The number of nitrogens with zero attached hydrogens (tertiary/aromatic N) is 1. The van der Waals surface area contributed by atoms with Crippen molar-refractivity contribution in [2.75, 3.05) is 7.05 Å². The molecule has 0 radical (unpaired) electrons. The van der Waals surface area contributed by atoms with E-state index in [1.807, 2.05) is 24.1 Å². The molecule has 3 rings (SSSR count). The molecule has 2 aliphatic carbocycles. The average molecular weight is 308 g/mol. The van der Waals surface area contributed by atoms with Gasteiger partial charge >= 0.3 is 0 Å². The third-order valence-electron chi connectivity index (χ3n) is 4.30. The second-order valence-electron chi connectivity index (χ2n) is 5.74. The van der Waals surface area contributed by atoms with Crippen LogP contribution in [0, 0.1) is 17.8 Å². The van der Waals surface area contributed by atoms with Gasteiger partial charge in [0.2, 0.25) is 5.91 Å². The third kappa shape index (κ3) is 2.46. The molecule has 2 nitrogen and oxygen atoms in total. The number of rotatable bonds is 3. The molecule has 2 aliphatic rings. The molecular formula is C15H18BrNO. The molecule has 0 saturated heterocycles. The topological polar surface area (TPSA) is 20.3 Å². The molecule has 2 fully saturated rings. The first-order chi connectivity index (χ1) is 8.63. The van der Waals surface area contributed by atoms with Crippen LogP contribution in [0.2, 0.25) is 0 Å². The summed E-state index contributed by atoms with van der Waals surface area (Å²) in [5, 5.41) is 0. The number of halogens is 1. The number of carbonyl (C=O) groups is 1. The van der Waals surface area contributed by atoms with Crippen molar-refractivity contribution in [1.82, 2.24) is 4.90 Å². The van der Waals surface area contributed by atoms with Crippen molar-refractivity contribution >= 4 is 21.8 Å². The summed E-state index contributed by atoms with van der Waals surface area (Å²) >= 11 is 3.43. The molecule has 96 valence electrons. The van der Waals surface area contributed by atoms with E-state index in [1.165, 1.54) is 12.0 Å². The van der Waals surface area contributed by atoms with E-state index in [0.717, 1.165) is 35.7 Å². The summed E-state index contributed by atoms with van der Waals surface area (Å²) in [6.07, 6.45) is 3.64. The van der Waals surface area contributed by atoms with Crippen LogP contribution in [0.4, 0.5) is 0 Å². The molecule has 0 spiro atoms. The molecule has 2 unspecified atom stereocenters. The van der Waals surface area contributed by atoms with E-state index in [2.05, 4.69) is 28.1 Å². The molecule has 3 heteroatoms. The highest BCUT2D eigenvalue weighted by atomic mass is 79.9. The number of amides is 1. The lowest BCUT2D eigenvalue weighted by molar-refractivity contribution is -0.134. The number of carbonyl (C=O) groups excluding carboxylic acids is 1. The quantitative estimate of drug-likeness (QED) is 0.837. The first-order valence-corrected chi connectivity index (χ1v) is 7.42. The lowest BCUT2D eigenvalue weighted by Gasteiger charge is -2.22. The first-order valence-electron chi connectivity index (χ1n) is 6.63. The van der Waals surface area contributed by atoms with Gasteiger partial charge < -0.3 is 4.90 Å². The van der Waals surface area contributed by atoms with Gasteiger partial charge in [-0.3, -0.25) is 4.79 Å². The molecule has 1 aromatic carbocycles. The zero-order valence-electron chi connectivity index (χ0n) is 10.6. The number of fused-ring (bicyclic) bond motifs is 1. The van der Waals surface area contributed by atoms with Crippen LogP contribution in [-0.4, -0.2) is 17.9 Å². The van der Waals surface area contributed by atoms with Gasteiger partial charge in [-0.25, -0.2) is 0 Å². The van der Waals surface area contributed by atoms with Crippen LogP contribution >= 0.6 is 15.9 Å². The monoisotopic (exact) mass is 307 g/mol. The van der Waals surface area contributed by atoms with Crippen molar-refractivity contribution < 1.29 is 4.79 Å². The molecule has 1 amide bonds. The standard InChI is InChI=1S/C15H18BrNO/c1-17(9-10-2-4-14(16)5-3-10)15(18)13-7-11-6-12(11)8-13/h2-5,11-13H,6-9H2,1H3. The Bertz CT molecular complexity index is 446. The van der Waals surface area contributed by atoms with Gasteiger partial charge in [-0.15, -0.1) is 0 Å². The molecule has 0 N–H and O–H groups in total. The Morgan fingerprint density at radius 2 is 1.83 bits per heavy atom. The van der Waals surface area contributed by atoms with Crippen LogP contribution in [0.25, 0.3) is 0 Å². The number of hydrogen-bond donors (Lipinski definition) is 0. The normalized spacial score (nSPS) is 28.9. The van der Waals surface area contributed by atoms with E-state index in [1.54, 1.807) is 0 Å². The Morgan fingerprint density at radius 1 is 1.22 bits per heavy atom. The van der Waals surface area contributed by atoms with E-state index < -0.39 is 0 Å². The minimum Gasteiger partial charge on any atom is -0.341 e. The van der Waals surface area contributed by atoms with Gasteiger partial charge in [-0.1, -0.05) is 28.1 Å². The summed E-state index contributed by atoms with van der Waals surface area (Å²) in [5.74, 6) is 2.39. The Morgan fingerprint density at radius 3 is 2.44 bits per heavy atom. The van der Waals surface area contributed by atoms with Crippen LogP contribution in [0.1, 0.15) is 24.8 Å². The average Bonchev–Trinajstić information content (AvgIpc) is 2.98. The van der Waals surface area contributed by atoms with Crippen molar-refractivity contribution in [3.05, 3.63) is 34.3 Å². The van der Waals surface area contributed by atoms with Crippen molar-refractivity contribution in [2.24, 2.45) is 17.8 Å². The van der Waals surface area contributed by atoms with Gasteiger partial charge in [-0.2, -0.15) is 0 Å². The molecule has 0 bridgehead atoms. The molecule has 1 aromatic rings. The maximum atomic E-state index is 12.3. The van der Waals surface area contributed by atoms with Crippen LogP contribution in [0.15, 0.2) is 28.7 Å². The number of hydrogen-bond acceptors (Lipinski definition) is 1. The Labute approximate surface area is 116 Å². The predicted octanol–water partition coefficient (Wildman–Crippen LogP) is 3.45. The second-order valence-corrected chi connectivity index (χ2v) is 6.66. The first kappa shape index (κ1) is 12.2. The van der Waals surface area contributed by atoms with Gasteiger partial charge in [0.15, 0.2) is 0 Å². The fraction of sp³-hybridized carbons (Fsp3) is 0.533. The van der Waals surface area contributed by atoms with Crippen molar-refractivity contribution in [3.8, 4) is 0 Å². The smallest absolute Gasteiger partial charge is 0.225 e. The van der Waals surface area contributed by atoms with E-state index >= 15 is 0 Å². The molecular weight excluding hydrogens is 290 g/mol. The van der Waals surface area contributed by atoms with Crippen molar-refractivity contribution in [3.63, 3.8) is 0 Å². The van der Waals surface area contributed by atoms with E-state index in [-0.39, 0.29) is 0 Å². The zero-order chi connectivity index (χ0) is 12.7. The van der Waals surface area contributed by atoms with Crippen LogP contribution in [-0.2, 0) is 11.3 Å². The molecule has 18 heavy (non-hydrogen) atoms. The molecule has 0 aliphatic heterocycles. The summed E-state index contributed by atoms with van der Waals surface area (Å²) in [6.45, 7) is 0.720. The van der Waals surface area contributed by atoms with Gasteiger partial charge in [0.1, 0.15) is 0 Å². The molecule has 0 aromatic heterocycles. The lowest BCUT2D eigenvalue weighted by atomic mass is 10.0. The Balaban J connectivity index is 1.58. The minimum absolute atomic E-state index is 0.300. The minimum atomic E-state index is 0.300. The van der Waals surface area contributed by atoms with Crippen LogP contribution in [0.5, 0.6) is 0 Å². The molecule has 2 atom stereocenters. The largest absolute Gasteiger partial charge is 0.341 e. The zero-order valence-corrected chi connectivity index (χ0v) is 12.2. The SMILES string of the molecule is CN(Cc1ccc(Br)cc1)C(=O)C1CC2CC2C1. The fourth-order valence-corrected chi connectivity index (χ4v) is 3.43. The van der Waals surface area contributed by atoms with Gasteiger partial charge in [0, 0.05) is 24.0 Å². The second kappa shape index (κ2) is 4.69. The number of benzene rings is 1. The van der Waals surface area contributed by atoms with Gasteiger partial charge in [0.05, 0.1) is 0 Å². The van der Waals surface area contributed by atoms with Gasteiger partial charge in [-0.05, 0) is 48.8 Å². The Hall–Kier alpha value is -0.830. The van der Waals surface area contributed by atoms with Crippen LogP contribution < -0.4 is 0 Å². The third-order valence-corrected chi connectivity index (χ3v) is 4.83. The van der Waals surface area contributed by atoms with Crippen molar-refractivity contribution in [2.45, 2.75) is 25.8 Å². The summed E-state index contributed by atoms with van der Waals surface area (Å²) in [5.41, 5.74) is 1.19. The van der Waals surface area contributed by atoms with Gasteiger partial charge in [0.25, 0.3) is 0 Å². The maximum Gasteiger partial charge on any atom is 0.225 e. The summed E-state index contributed by atoms with van der Waals surface area (Å²) in [4.78, 5) is 14.2. The fourth-order valence-electron chi connectivity index (χ4n) is 3.17. The predicted molar refractivity (Wildman–Crippen MR) is 74.9 cm³/mol. The summed E-state index contributed by atoms with van der Waals surface area (Å²) < 4.78 is 1.08. The Kier molecular flexibility index (Phi) is 3.18. The molecule has 0 heterocycles. The molecule has 2 saturated carbocycles. The van der Waals surface area contributed by atoms with E-state index in [9.17, 15) is 4.79 Å². The van der Waals surface area contributed by atoms with E-state index in [0.29, 0.717) is 11.8 Å². The maximum absolute atomic E-state index is 12.3. The lowest BCUT2D eigenvalue weighted by Crippen LogP contribution is -2.31. The van der Waals surface area contributed by atoms with Crippen molar-refractivity contribution in [1.29, 1.82) is 0 Å². The summed E-state index contributed by atoms with van der Waals surface area (Å²) in [6, 6.07) is 8.19. The van der Waals surface area contributed by atoms with E-state index in [4.69, 9.17) is 0 Å². The highest BCUT2D eigenvalue weighted by molar-refractivity contribution is 9.10.